The lowest BCUT2D eigenvalue weighted by atomic mass is 9.86. The van der Waals surface area contributed by atoms with E-state index in [-0.39, 0.29) is 28.4 Å². The molecule has 0 spiro atoms. The van der Waals surface area contributed by atoms with Crippen LogP contribution in [0.4, 0.5) is 0 Å². The average molecular weight is 532 g/mol. The summed E-state index contributed by atoms with van der Waals surface area (Å²) in [7, 11) is -6.63. The highest BCUT2D eigenvalue weighted by molar-refractivity contribution is 7.91. The molecule has 0 amide bonds. The van der Waals surface area contributed by atoms with E-state index >= 15 is 0 Å². The summed E-state index contributed by atoms with van der Waals surface area (Å²) in [4.78, 5) is 0.482. The smallest absolute Gasteiger partial charge is 0.175 e. The van der Waals surface area contributed by atoms with Gasteiger partial charge < -0.3 is 15.2 Å². The van der Waals surface area contributed by atoms with Crippen molar-refractivity contribution in [1.82, 2.24) is 5.32 Å². The third kappa shape index (κ3) is 8.16. The maximum Gasteiger partial charge on any atom is 0.175 e. The van der Waals surface area contributed by atoms with Gasteiger partial charge in [0, 0.05) is 31.0 Å². The molecule has 2 atom stereocenters. The summed E-state index contributed by atoms with van der Waals surface area (Å²) in [5, 5.41) is 13.7. The van der Waals surface area contributed by atoms with Gasteiger partial charge >= 0.3 is 0 Å². The normalized spacial score (nSPS) is 13.9. The number of nitrogens with one attached hydrogen (secondary N) is 1. The Morgan fingerprint density at radius 2 is 1.25 bits per heavy atom. The molecule has 3 rings (SSSR count). The number of rotatable bonds is 12. The summed E-state index contributed by atoms with van der Waals surface area (Å²) >= 11 is 0. The van der Waals surface area contributed by atoms with Crippen molar-refractivity contribution in [1.29, 1.82) is 0 Å². The second-order valence-corrected chi connectivity index (χ2v) is 13.1. The lowest BCUT2D eigenvalue weighted by Crippen LogP contribution is -2.37. The fraction of sp³-hybridized carbons (Fsp3) is 0.333. The van der Waals surface area contributed by atoms with Crippen molar-refractivity contribution in [3.63, 3.8) is 0 Å². The molecule has 0 radical (unpaired) electrons. The Kier molecular flexibility index (Phi) is 9.30. The first-order valence-corrected chi connectivity index (χ1v) is 15.4. The van der Waals surface area contributed by atoms with E-state index in [1.807, 2.05) is 37.3 Å². The van der Waals surface area contributed by atoms with Crippen molar-refractivity contribution in [2.24, 2.45) is 0 Å². The third-order valence-corrected chi connectivity index (χ3v) is 8.15. The zero-order chi connectivity index (χ0) is 26.3. The van der Waals surface area contributed by atoms with E-state index in [0.717, 1.165) is 11.1 Å². The van der Waals surface area contributed by atoms with Gasteiger partial charge in [-0.15, -0.1) is 0 Å². The van der Waals surface area contributed by atoms with Gasteiger partial charge in [0.2, 0.25) is 0 Å². The summed E-state index contributed by atoms with van der Waals surface area (Å²) in [5.41, 5.74) is 1.83. The first kappa shape index (κ1) is 27.9. The minimum Gasteiger partial charge on any atom is -0.491 e. The van der Waals surface area contributed by atoms with Gasteiger partial charge in [-0.05, 0) is 60.9 Å². The van der Waals surface area contributed by atoms with Crippen LogP contribution in [0.25, 0.3) is 0 Å². The second-order valence-electron chi connectivity index (χ2n) is 9.06. The van der Waals surface area contributed by atoms with Gasteiger partial charge in [0.25, 0.3) is 0 Å². The Labute approximate surface area is 214 Å². The predicted octanol–water partition coefficient (Wildman–Crippen LogP) is 3.43. The van der Waals surface area contributed by atoms with E-state index in [1.54, 1.807) is 48.5 Å². The molecule has 2 N–H and O–H groups in total. The SMILES string of the molecule is CC(CC(c1ccc(S(C)(=O)=O)cc1)c1ccc(S(C)(=O)=O)cc1)NCC(O)COc1ccccc1. The molecule has 3 aromatic carbocycles. The van der Waals surface area contributed by atoms with Gasteiger partial charge in [0.1, 0.15) is 18.5 Å². The van der Waals surface area contributed by atoms with Gasteiger partial charge in [0.05, 0.1) is 9.79 Å². The van der Waals surface area contributed by atoms with Crippen molar-refractivity contribution in [3.8, 4) is 5.75 Å². The number of hydrogen-bond acceptors (Lipinski definition) is 7. The van der Waals surface area contributed by atoms with Gasteiger partial charge in [-0.2, -0.15) is 0 Å². The first-order chi connectivity index (χ1) is 16.9. The first-order valence-electron chi connectivity index (χ1n) is 11.6. The van der Waals surface area contributed by atoms with E-state index < -0.39 is 25.8 Å². The van der Waals surface area contributed by atoms with Crippen molar-refractivity contribution < 1.29 is 26.7 Å². The van der Waals surface area contributed by atoms with Gasteiger partial charge in [-0.3, -0.25) is 0 Å². The molecule has 0 bridgehead atoms. The molecular formula is C27H33NO6S2. The molecule has 0 aromatic heterocycles. The summed E-state index contributed by atoms with van der Waals surface area (Å²) in [5.74, 6) is 0.576. The van der Waals surface area contributed by atoms with E-state index in [2.05, 4.69) is 5.32 Å². The highest BCUT2D eigenvalue weighted by Crippen LogP contribution is 2.31. The van der Waals surface area contributed by atoms with E-state index in [9.17, 15) is 21.9 Å². The van der Waals surface area contributed by atoms with Crippen molar-refractivity contribution in [2.45, 2.75) is 41.2 Å². The quantitative estimate of drug-likeness (QED) is 0.368. The van der Waals surface area contributed by atoms with Crippen LogP contribution in [0.5, 0.6) is 5.75 Å². The van der Waals surface area contributed by atoms with E-state index in [1.165, 1.54) is 12.5 Å². The maximum absolute atomic E-state index is 11.9. The number of ether oxygens (including phenoxy) is 1. The predicted molar refractivity (Wildman–Crippen MR) is 141 cm³/mol. The van der Waals surface area contributed by atoms with Gasteiger partial charge in [0.15, 0.2) is 19.7 Å². The van der Waals surface area contributed by atoms with Crippen LogP contribution in [0.2, 0.25) is 0 Å². The second kappa shape index (κ2) is 12.0. The molecule has 2 unspecified atom stereocenters. The molecular weight excluding hydrogens is 498 g/mol. The molecule has 36 heavy (non-hydrogen) atoms. The number of aliphatic hydroxyl groups excluding tert-OH is 1. The van der Waals surface area contributed by atoms with Crippen molar-refractivity contribution in [2.75, 3.05) is 25.7 Å². The minimum atomic E-state index is -3.32. The Bertz CT molecular complexity index is 1250. The fourth-order valence-electron chi connectivity index (χ4n) is 3.90. The Balaban J connectivity index is 1.72. The average Bonchev–Trinajstić information content (AvgIpc) is 2.84. The summed E-state index contributed by atoms with van der Waals surface area (Å²) in [6.45, 7) is 2.50. The monoisotopic (exact) mass is 531 g/mol. The molecule has 194 valence electrons. The lowest BCUT2D eigenvalue weighted by molar-refractivity contribution is 0.103. The molecule has 0 aliphatic heterocycles. The Morgan fingerprint density at radius 3 is 1.69 bits per heavy atom. The van der Waals surface area contributed by atoms with Crippen LogP contribution in [0, 0.1) is 0 Å². The lowest BCUT2D eigenvalue weighted by Gasteiger charge is -2.24. The zero-order valence-corrected chi connectivity index (χ0v) is 22.3. The number of aliphatic hydroxyl groups is 1. The molecule has 0 saturated carbocycles. The maximum atomic E-state index is 11.9. The van der Waals surface area contributed by atoms with Crippen LogP contribution in [0.15, 0.2) is 88.7 Å². The number of para-hydroxylation sites is 1. The third-order valence-electron chi connectivity index (χ3n) is 5.90. The largest absolute Gasteiger partial charge is 0.491 e. The number of sulfone groups is 2. The molecule has 9 heteroatoms. The number of hydrogen-bond donors (Lipinski definition) is 2. The van der Waals surface area contributed by atoms with Crippen molar-refractivity contribution >= 4 is 19.7 Å². The van der Waals surface area contributed by atoms with Crippen LogP contribution in [-0.2, 0) is 19.7 Å². The van der Waals surface area contributed by atoms with Crippen molar-refractivity contribution in [3.05, 3.63) is 90.0 Å². The van der Waals surface area contributed by atoms with Gasteiger partial charge in [-0.25, -0.2) is 16.8 Å². The molecule has 0 heterocycles. The minimum absolute atomic E-state index is 0.00876. The topological polar surface area (TPSA) is 110 Å². The molecule has 0 saturated heterocycles. The molecule has 7 nitrogen and oxygen atoms in total. The van der Waals surface area contributed by atoms with Crippen LogP contribution in [0.1, 0.15) is 30.4 Å². The van der Waals surface area contributed by atoms with Crippen LogP contribution >= 0.6 is 0 Å². The summed E-state index contributed by atoms with van der Waals surface area (Å²) < 4.78 is 53.2. The molecule has 3 aromatic rings. The summed E-state index contributed by atoms with van der Waals surface area (Å²) in [6, 6.07) is 22.8. The molecule has 0 fully saturated rings. The fourth-order valence-corrected chi connectivity index (χ4v) is 5.16. The van der Waals surface area contributed by atoms with Crippen LogP contribution in [0.3, 0.4) is 0 Å². The molecule has 0 aliphatic carbocycles. The van der Waals surface area contributed by atoms with Crippen LogP contribution in [-0.4, -0.2) is 59.8 Å². The van der Waals surface area contributed by atoms with Gasteiger partial charge in [-0.1, -0.05) is 42.5 Å². The standard InChI is InChI=1S/C27H33NO6S2/c1-20(28-18-23(29)19-34-24-7-5-4-6-8-24)17-27(21-9-13-25(14-10-21)35(2,30)31)22-11-15-26(16-12-22)36(3,32)33/h4-16,20,23,27-29H,17-19H2,1-3H3. The van der Waals surface area contributed by atoms with E-state index in [4.69, 9.17) is 4.74 Å². The molecule has 0 aliphatic rings. The highest BCUT2D eigenvalue weighted by Gasteiger charge is 2.20. The van der Waals surface area contributed by atoms with Crippen LogP contribution < -0.4 is 10.1 Å². The Morgan fingerprint density at radius 1 is 0.778 bits per heavy atom. The summed E-state index contributed by atoms with van der Waals surface area (Å²) in [6.07, 6.45) is 2.28. The Hall–Kier alpha value is -2.72. The van der Waals surface area contributed by atoms with E-state index in [0.29, 0.717) is 18.7 Å². The number of benzene rings is 3. The zero-order valence-electron chi connectivity index (χ0n) is 20.7. The highest BCUT2D eigenvalue weighted by atomic mass is 32.2.